The lowest BCUT2D eigenvalue weighted by atomic mass is 10.1. The largest absolute Gasteiger partial charge is 0.493 e. The van der Waals surface area contributed by atoms with Crippen molar-refractivity contribution < 1.29 is 19.0 Å². The lowest BCUT2D eigenvalue weighted by molar-refractivity contribution is -0.115. The predicted molar refractivity (Wildman–Crippen MR) is 95.2 cm³/mol. The van der Waals surface area contributed by atoms with Crippen molar-refractivity contribution in [3.63, 3.8) is 0 Å². The average Bonchev–Trinajstić information content (AvgIpc) is 3.01. The summed E-state index contributed by atoms with van der Waals surface area (Å²) in [6.45, 7) is 4.23. The van der Waals surface area contributed by atoms with Gasteiger partial charge in [0.2, 0.25) is 11.7 Å². The molecule has 9 heteroatoms. The lowest BCUT2D eigenvalue weighted by Gasteiger charge is -2.14. The predicted octanol–water partition coefficient (Wildman–Crippen LogP) is 1.73. The van der Waals surface area contributed by atoms with Gasteiger partial charge in [0.05, 0.1) is 27.1 Å². The van der Waals surface area contributed by atoms with Crippen molar-refractivity contribution in [1.29, 1.82) is 0 Å². The molecular formula is C16H20N4O4S. The summed E-state index contributed by atoms with van der Waals surface area (Å²) in [4.78, 5) is 11.0. The van der Waals surface area contributed by atoms with E-state index in [1.165, 1.54) is 11.8 Å². The van der Waals surface area contributed by atoms with Gasteiger partial charge in [-0.1, -0.05) is 17.8 Å². The second-order valence-corrected chi connectivity index (χ2v) is 5.82. The summed E-state index contributed by atoms with van der Waals surface area (Å²) in [7, 11) is 4.63. The average molecular weight is 364 g/mol. The first-order valence-corrected chi connectivity index (χ1v) is 8.29. The number of methoxy groups -OCH3 is 3. The SMILES string of the molecule is C=CCn1c(SCC(N)=O)nnc1-c1cc(OC)c(OC)c(OC)c1. The van der Waals surface area contributed by atoms with Gasteiger partial charge in [-0.3, -0.25) is 9.36 Å². The minimum Gasteiger partial charge on any atom is -0.493 e. The van der Waals surface area contributed by atoms with Crippen molar-refractivity contribution in [1.82, 2.24) is 14.8 Å². The monoisotopic (exact) mass is 364 g/mol. The second kappa shape index (κ2) is 8.43. The maximum atomic E-state index is 11.0. The van der Waals surface area contributed by atoms with E-state index < -0.39 is 5.91 Å². The van der Waals surface area contributed by atoms with E-state index in [1.54, 1.807) is 39.5 Å². The number of allylic oxidation sites excluding steroid dienone is 1. The van der Waals surface area contributed by atoms with Gasteiger partial charge in [0.15, 0.2) is 22.5 Å². The third-order valence-electron chi connectivity index (χ3n) is 3.29. The van der Waals surface area contributed by atoms with Crippen molar-refractivity contribution in [2.45, 2.75) is 11.7 Å². The van der Waals surface area contributed by atoms with Crippen LogP contribution < -0.4 is 19.9 Å². The number of hydrogen-bond donors (Lipinski definition) is 1. The Morgan fingerprint density at radius 3 is 2.36 bits per heavy atom. The fourth-order valence-corrected chi connectivity index (χ4v) is 2.94. The van der Waals surface area contributed by atoms with Crippen LogP contribution in [0.3, 0.4) is 0 Å². The highest BCUT2D eigenvalue weighted by atomic mass is 32.2. The molecule has 1 aromatic carbocycles. The summed E-state index contributed by atoms with van der Waals surface area (Å²) in [5.41, 5.74) is 5.94. The van der Waals surface area contributed by atoms with E-state index in [4.69, 9.17) is 19.9 Å². The van der Waals surface area contributed by atoms with Crippen molar-refractivity contribution in [2.24, 2.45) is 5.73 Å². The van der Waals surface area contributed by atoms with E-state index >= 15 is 0 Å². The number of hydrogen-bond acceptors (Lipinski definition) is 7. The molecule has 0 bridgehead atoms. The number of thioether (sulfide) groups is 1. The Hall–Kier alpha value is -2.68. The number of aromatic nitrogens is 3. The molecule has 0 saturated carbocycles. The number of rotatable bonds is 9. The first-order valence-electron chi connectivity index (χ1n) is 7.31. The second-order valence-electron chi connectivity index (χ2n) is 4.87. The maximum Gasteiger partial charge on any atom is 0.227 e. The molecule has 2 rings (SSSR count). The zero-order valence-corrected chi connectivity index (χ0v) is 15.1. The van der Waals surface area contributed by atoms with Crippen LogP contribution in [0.15, 0.2) is 29.9 Å². The molecule has 0 aliphatic heterocycles. The quantitative estimate of drug-likeness (QED) is 0.534. The molecule has 0 radical (unpaired) electrons. The molecule has 0 atom stereocenters. The van der Waals surface area contributed by atoms with E-state index in [9.17, 15) is 4.79 Å². The van der Waals surface area contributed by atoms with Crippen LogP contribution in [0.25, 0.3) is 11.4 Å². The van der Waals surface area contributed by atoms with Crippen LogP contribution >= 0.6 is 11.8 Å². The third kappa shape index (κ3) is 4.05. The van der Waals surface area contributed by atoms with Gasteiger partial charge >= 0.3 is 0 Å². The number of amides is 1. The van der Waals surface area contributed by atoms with Crippen molar-refractivity contribution in [3.05, 3.63) is 24.8 Å². The number of benzene rings is 1. The molecule has 0 unspecified atom stereocenters. The topological polar surface area (TPSA) is 101 Å². The van der Waals surface area contributed by atoms with E-state index in [0.717, 1.165) is 5.56 Å². The van der Waals surface area contributed by atoms with Crippen LogP contribution in [0.1, 0.15) is 0 Å². The number of primary amides is 1. The Kier molecular flexibility index (Phi) is 6.29. The van der Waals surface area contributed by atoms with Gasteiger partial charge in [0.25, 0.3) is 0 Å². The van der Waals surface area contributed by atoms with E-state index in [-0.39, 0.29) is 5.75 Å². The number of nitrogens with two attached hydrogens (primary N) is 1. The summed E-state index contributed by atoms with van der Waals surface area (Å²) in [6, 6.07) is 3.57. The highest BCUT2D eigenvalue weighted by Crippen LogP contribution is 2.41. The van der Waals surface area contributed by atoms with Crippen molar-refractivity contribution in [3.8, 4) is 28.6 Å². The standard InChI is InChI=1S/C16H20N4O4S/c1-5-6-20-15(18-19-16(20)25-9-13(17)21)10-7-11(22-2)14(24-4)12(8-10)23-3/h5,7-8H,1,6,9H2,2-4H3,(H2,17,21). The molecule has 2 N–H and O–H groups in total. The first kappa shape index (κ1) is 18.7. The molecule has 1 heterocycles. The van der Waals surface area contributed by atoms with Gasteiger partial charge in [-0.05, 0) is 12.1 Å². The van der Waals surface area contributed by atoms with Crippen LogP contribution in [0.4, 0.5) is 0 Å². The molecular weight excluding hydrogens is 344 g/mol. The Balaban J connectivity index is 2.53. The maximum absolute atomic E-state index is 11.0. The normalized spacial score (nSPS) is 10.4. The highest BCUT2D eigenvalue weighted by molar-refractivity contribution is 7.99. The molecule has 2 aromatic rings. The molecule has 0 aliphatic carbocycles. The van der Waals surface area contributed by atoms with Crippen LogP contribution in [-0.2, 0) is 11.3 Å². The van der Waals surface area contributed by atoms with E-state index in [2.05, 4.69) is 16.8 Å². The Morgan fingerprint density at radius 2 is 1.88 bits per heavy atom. The minimum absolute atomic E-state index is 0.116. The fraction of sp³-hybridized carbons (Fsp3) is 0.312. The van der Waals surface area contributed by atoms with Crippen molar-refractivity contribution in [2.75, 3.05) is 27.1 Å². The summed E-state index contributed by atoms with van der Waals surface area (Å²) in [5.74, 6) is 1.79. The molecule has 0 spiro atoms. The number of carbonyl (C=O) groups excluding carboxylic acids is 1. The summed E-state index contributed by atoms with van der Waals surface area (Å²) >= 11 is 1.22. The van der Waals surface area contributed by atoms with Gasteiger partial charge in [-0.15, -0.1) is 16.8 Å². The lowest BCUT2D eigenvalue weighted by Crippen LogP contribution is -2.13. The zero-order valence-electron chi connectivity index (χ0n) is 14.3. The Labute approximate surface area is 150 Å². The zero-order chi connectivity index (χ0) is 18.4. The molecule has 1 amide bonds. The Morgan fingerprint density at radius 1 is 1.24 bits per heavy atom. The van der Waals surface area contributed by atoms with Crippen LogP contribution in [0.2, 0.25) is 0 Å². The fourth-order valence-electron chi connectivity index (χ4n) is 2.25. The van der Waals surface area contributed by atoms with E-state index in [1.807, 2.05) is 4.57 Å². The molecule has 0 fully saturated rings. The van der Waals surface area contributed by atoms with E-state index in [0.29, 0.717) is 34.8 Å². The molecule has 0 aliphatic rings. The first-order chi connectivity index (χ1) is 12.0. The minimum atomic E-state index is -0.424. The number of nitrogens with zero attached hydrogens (tertiary/aromatic N) is 3. The van der Waals surface area contributed by atoms with Gasteiger partial charge in [0, 0.05) is 12.1 Å². The Bertz CT molecular complexity index is 750. The number of carbonyl (C=O) groups is 1. The number of ether oxygens (including phenoxy) is 3. The molecule has 25 heavy (non-hydrogen) atoms. The van der Waals surface area contributed by atoms with Gasteiger partial charge < -0.3 is 19.9 Å². The summed E-state index contributed by atoms with van der Waals surface area (Å²) in [5, 5.41) is 8.95. The summed E-state index contributed by atoms with van der Waals surface area (Å²) < 4.78 is 17.9. The van der Waals surface area contributed by atoms with Gasteiger partial charge in [-0.2, -0.15) is 0 Å². The third-order valence-corrected chi connectivity index (χ3v) is 4.28. The van der Waals surface area contributed by atoms with Crippen LogP contribution in [0, 0.1) is 0 Å². The molecule has 0 saturated heterocycles. The van der Waals surface area contributed by atoms with Crippen LogP contribution in [-0.4, -0.2) is 47.8 Å². The smallest absolute Gasteiger partial charge is 0.227 e. The molecule has 1 aromatic heterocycles. The van der Waals surface area contributed by atoms with Gasteiger partial charge in [0.1, 0.15) is 0 Å². The molecule has 134 valence electrons. The van der Waals surface area contributed by atoms with Gasteiger partial charge in [-0.25, -0.2) is 0 Å². The van der Waals surface area contributed by atoms with Crippen LogP contribution in [0.5, 0.6) is 17.2 Å². The summed E-state index contributed by atoms with van der Waals surface area (Å²) in [6.07, 6.45) is 1.72. The van der Waals surface area contributed by atoms with Crippen molar-refractivity contribution >= 4 is 17.7 Å². The highest BCUT2D eigenvalue weighted by Gasteiger charge is 2.19. The molecule has 8 nitrogen and oxygen atoms in total.